The minimum Gasteiger partial charge on any atom is -0.371 e. The minimum atomic E-state index is 0.976. The first-order chi connectivity index (χ1) is 12.8. The highest BCUT2D eigenvalue weighted by molar-refractivity contribution is 6.09. The van der Waals surface area contributed by atoms with Crippen LogP contribution in [0.3, 0.4) is 0 Å². The van der Waals surface area contributed by atoms with Gasteiger partial charge in [-0.15, -0.1) is 0 Å². The van der Waals surface area contributed by atoms with E-state index in [2.05, 4.69) is 72.3 Å². The second kappa shape index (κ2) is 7.36. The van der Waals surface area contributed by atoms with Gasteiger partial charge in [0, 0.05) is 40.5 Å². The molecule has 0 radical (unpaired) electrons. The molecule has 3 heteroatoms. The Morgan fingerprint density at radius 1 is 0.885 bits per heavy atom. The number of benzene rings is 2. The highest BCUT2D eigenvalue weighted by Gasteiger charge is 2.10. The van der Waals surface area contributed by atoms with Crippen LogP contribution in [0.25, 0.3) is 32.8 Å². The number of rotatable bonds is 7. The quantitative estimate of drug-likeness (QED) is 0.428. The maximum atomic E-state index is 4.94. The lowest BCUT2D eigenvalue weighted by atomic mass is 10.1. The monoisotopic (exact) mass is 345 g/mol. The molecule has 2 aromatic carbocycles. The van der Waals surface area contributed by atoms with Crippen molar-refractivity contribution in [3.63, 3.8) is 0 Å². The van der Waals surface area contributed by atoms with E-state index in [1.165, 1.54) is 47.5 Å². The summed E-state index contributed by atoms with van der Waals surface area (Å²) in [7, 11) is 0. The van der Waals surface area contributed by atoms with Gasteiger partial charge in [0.1, 0.15) is 5.65 Å². The number of nitrogens with zero attached hydrogens (tertiary/aromatic N) is 2. The van der Waals surface area contributed by atoms with Crippen molar-refractivity contribution in [3.8, 4) is 0 Å². The van der Waals surface area contributed by atoms with Crippen LogP contribution in [0.5, 0.6) is 0 Å². The largest absolute Gasteiger partial charge is 0.371 e. The van der Waals surface area contributed by atoms with Gasteiger partial charge in [0.25, 0.3) is 0 Å². The molecule has 1 N–H and O–H groups in total. The van der Waals surface area contributed by atoms with Gasteiger partial charge >= 0.3 is 0 Å². The summed E-state index contributed by atoms with van der Waals surface area (Å²) in [6.45, 7) is 6.76. The van der Waals surface area contributed by atoms with E-state index >= 15 is 0 Å². The average Bonchev–Trinajstić information content (AvgIpc) is 3.03. The molecule has 2 aromatic heterocycles. The van der Waals surface area contributed by atoms with Gasteiger partial charge in [0.2, 0.25) is 0 Å². The van der Waals surface area contributed by atoms with E-state index in [0.29, 0.717) is 0 Å². The molecule has 0 saturated carbocycles. The summed E-state index contributed by atoms with van der Waals surface area (Å²) in [5.41, 5.74) is 4.49. The molecule has 0 aliphatic carbocycles. The summed E-state index contributed by atoms with van der Waals surface area (Å²) in [5.74, 6) is 0. The predicted molar refractivity (Wildman–Crippen MR) is 113 cm³/mol. The third-order valence-electron chi connectivity index (χ3n) is 5.20. The van der Waals surface area contributed by atoms with E-state index in [9.17, 15) is 0 Å². The molecule has 0 aliphatic rings. The Balaban J connectivity index is 1.77. The summed E-state index contributed by atoms with van der Waals surface area (Å²) < 4.78 is 0. The Bertz CT molecular complexity index is 1020. The molecule has 3 nitrogen and oxygen atoms in total. The fraction of sp³-hybridized carbons (Fsp3) is 0.348. The number of unbranched alkanes of at least 4 members (excludes halogenated alkanes) is 2. The minimum absolute atomic E-state index is 0.976. The molecule has 4 aromatic rings. The van der Waals surface area contributed by atoms with Crippen LogP contribution >= 0.6 is 0 Å². The van der Waals surface area contributed by atoms with Crippen molar-refractivity contribution in [2.24, 2.45) is 0 Å². The summed E-state index contributed by atoms with van der Waals surface area (Å²) >= 11 is 0. The number of para-hydroxylation sites is 1. The average molecular weight is 345 g/mol. The molecular weight excluding hydrogens is 318 g/mol. The van der Waals surface area contributed by atoms with Crippen LogP contribution in [0.2, 0.25) is 0 Å². The van der Waals surface area contributed by atoms with Crippen LogP contribution in [0.15, 0.2) is 48.5 Å². The lowest BCUT2D eigenvalue weighted by Gasteiger charge is -2.25. The lowest BCUT2D eigenvalue weighted by molar-refractivity contribution is 0.678. The Morgan fingerprint density at radius 2 is 1.65 bits per heavy atom. The van der Waals surface area contributed by atoms with Crippen LogP contribution in [-0.4, -0.2) is 23.1 Å². The third-order valence-corrected chi connectivity index (χ3v) is 5.20. The summed E-state index contributed by atoms with van der Waals surface area (Å²) in [6, 6.07) is 17.4. The van der Waals surface area contributed by atoms with Gasteiger partial charge in [-0.3, -0.25) is 0 Å². The summed E-state index contributed by atoms with van der Waals surface area (Å²) in [6.07, 6.45) is 4.92. The van der Waals surface area contributed by atoms with Gasteiger partial charge in [-0.2, -0.15) is 0 Å². The van der Waals surface area contributed by atoms with Crippen LogP contribution in [0.1, 0.15) is 39.5 Å². The Hall–Kier alpha value is -2.55. The number of H-pyrrole nitrogens is 1. The Morgan fingerprint density at radius 3 is 2.42 bits per heavy atom. The van der Waals surface area contributed by atoms with Crippen molar-refractivity contribution in [2.45, 2.75) is 39.5 Å². The van der Waals surface area contributed by atoms with Gasteiger partial charge in [-0.1, -0.05) is 51.0 Å². The first-order valence-electron chi connectivity index (χ1n) is 9.86. The lowest BCUT2D eigenvalue weighted by Crippen LogP contribution is -2.25. The second-order valence-corrected chi connectivity index (χ2v) is 7.13. The highest BCUT2D eigenvalue weighted by Crippen LogP contribution is 2.29. The number of aromatic nitrogens is 2. The molecule has 4 rings (SSSR count). The fourth-order valence-corrected chi connectivity index (χ4v) is 3.68. The number of anilines is 1. The van der Waals surface area contributed by atoms with Gasteiger partial charge < -0.3 is 9.88 Å². The van der Waals surface area contributed by atoms with E-state index in [4.69, 9.17) is 4.98 Å². The zero-order valence-corrected chi connectivity index (χ0v) is 15.8. The second-order valence-electron chi connectivity index (χ2n) is 7.13. The number of nitrogens with one attached hydrogen (secondary N) is 1. The molecule has 0 amide bonds. The van der Waals surface area contributed by atoms with Crippen molar-refractivity contribution in [1.82, 2.24) is 9.97 Å². The summed E-state index contributed by atoms with van der Waals surface area (Å²) in [4.78, 5) is 10.9. The van der Waals surface area contributed by atoms with E-state index in [1.807, 2.05) is 0 Å². The smallest absolute Gasteiger partial charge is 0.139 e. The van der Waals surface area contributed by atoms with Crippen molar-refractivity contribution >= 4 is 38.5 Å². The Kier molecular flexibility index (Phi) is 4.79. The van der Waals surface area contributed by atoms with Gasteiger partial charge in [0.05, 0.1) is 5.52 Å². The molecular formula is C23H27N3. The van der Waals surface area contributed by atoms with Crippen molar-refractivity contribution in [3.05, 3.63) is 48.5 Å². The molecule has 2 heterocycles. The molecule has 0 atom stereocenters. The zero-order chi connectivity index (χ0) is 17.9. The van der Waals surface area contributed by atoms with Crippen molar-refractivity contribution < 1.29 is 0 Å². The summed E-state index contributed by atoms with van der Waals surface area (Å²) in [5, 5.41) is 3.65. The zero-order valence-electron chi connectivity index (χ0n) is 15.8. The van der Waals surface area contributed by atoms with E-state index in [0.717, 1.165) is 29.8 Å². The van der Waals surface area contributed by atoms with Gasteiger partial charge in [0.15, 0.2) is 0 Å². The van der Waals surface area contributed by atoms with Crippen molar-refractivity contribution in [2.75, 3.05) is 18.0 Å². The molecule has 0 unspecified atom stereocenters. The van der Waals surface area contributed by atoms with Gasteiger partial charge in [-0.25, -0.2) is 4.98 Å². The maximum Gasteiger partial charge on any atom is 0.139 e. The first-order valence-corrected chi connectivity index (χ1v) is 9.86. The molecule has 134 valence electrons. The Labute approximate surface area is 155 Å². The van der Waals surface area contributed by atoms with Crippen molar-refractivity contribution in [1.29, 1.82) is 0 Å². The third kappa shape index (κ3) is 3.14. The molecule has 0 spiro atoms. The van der Waals surface area contributed by atoms with Crippen LogP contribution < -0.4 is 4.90 Å². The first kappa shape index (κ1) is 16.9. The molecule has 0 saturated heterocycles. The number of hydrogen-bond donors (Lipinski definition) is 1. The standard InChI is InChI=1S/C23H27N3/c1-3-5-13-26(14-6-4-2)18-12-11-17-15-20-19-9-7-8-10-21(19)24-23(20)25-22(17)16-18/h7-12,15-16H,3-6,13-14H2,1-2H3,(H,24,25). The van der Waals surface area contributed by atoms with E-state index in [-0.39, 0.29) is 0 Å². The normalized spacial score (nSPS) is 11.6. The fourth-order valence-electron chi connectivity index (χ4n) is 3.68. The number of hydrogen-bond acceptors (Lipinski definition) is 2. The van der Waals surface area contributed by atoms with Crippen LogP contribution in [0.4, 0.5) is 5.69 Å². The van der Waals surface area contributed by atoms with Crippen LogP contribution in [0, 0.1) is 0 Å². The van der Waals surface area contributed by atoms with Crippen LogP contribution in [-0.2, 0) is 0 Å². The number of fused-ring (bicyclic) bond motifs is 4. The molecule has 0 fully saturated rings. The molecule has 0 bridgehead atoms. The highest BCUT2D eigenvalue weighted by atomic mass is 15.1. The SMILES string of the molecule is CCCCN(CCCC)c1ccc2cc3c(nc2c1)[nH]c1ccccc13. The maximum absolute atomic E-state index is 4.94. The predicted octanol–water partition coefficient (Wildman–Crippen LogP) is 6.28. The molecule has 0 aliphatic heterocycles. The topological polar surface area (TPSA) is 31.9 Å². The van der Waals surface area contributed by atoms with E-state index in [1.54, 1.807) is 0 Å². The van der Waals surface area contributed by atoms with Gasteiger partial charge in [-0.05, 0) is 37.1 Å². The number of pyridine rings is 1. The van der Waals surface area contributed by atoms with E-state index < -0.39 is 0 Å². The number of aromatic amines is 1. The molecule has 26 heavy (non-hydrogen) atoms.